The van der Waals surface area contributed by atoms with Crippen LogP contribution in [0.15, 0.2) is 54.6 Å². The second-order valence-electron chi connectivity index (χ2n) is 8.85. The molecule has 0 radical (unpaired) electrons. The number of hydrogen-bond acceptors (Lipinski definition) is 5. The van der Waals surface area contributed by atoms with Gasteiger partial charge in [0.25, 0.3) is 11.8 Å². The van der Waals surface area contributed by atoms with Gasteiger partial charge in [0.15, 0.2) is 0 Å². The number of rotatable bonds is 5. The van der Waals surface area contributed by atoms with Crippen LogP contribution in [-0.4, -0.2) is 65.2 Å². The maximum atomic E-state index is 13.3. The van der Waals surface area contributed by atoms with E-state index in [-0.39, 0.29) is 18.0 Å². The van der Waals surface area contributed by atoms with Gasteiger partial charge in [-0.3, -0.25) is 19.7 Å². The van der Waals surface area contributed by atoms with E-state index in [1.54, 1.807) is 17.6 Å². The highest BCUT2D eigenvalue weighted by atomic mass is 16.5. The van der Waals surface area contributed by atoms with Crippen LogP contribution in [0, 0.1) is 0 Å². The average molecular weight is 450 g/mol. The van der Waals surface area contributed by atoms with E-state index in [1.807, 2.05) is 35.2 Å². The Bertz CT molecular complexity index is 1020. The van der Waals surface area contributed by atoms with Crippen molar-refractivity contribution in [2.75, 3.05) is 26.3 Å². The number of nitrogens with zero attached hydrogens (tertiary/aromatic N) is 2. The highest BCUT2D eigenvalue weighted by molar-refractivity contribution is 5.95. The van der Waals surface area contributed by atoms with E-state index in [4.69, 9.17) is 9.94 Å². The molecule has 2 atom stereocenters. The molecule has 2 aromatic carbocycles. The number of carbonyl (C=O) groups is 2. The third-order valence-corrected chi connectivity index (χ3v) is 6.52. The molecule has 174 valence electrons. The number of nitrogens with one attached hydrogen (secondary N) is 1. The third-order valence-electron chi connectivity index (χ3n) is 6.52. The van der Waals surface area contributed by atoms with E-state index in [0.717, 1.165) is 36.3 Å². The van der Waals surface area contributed by atoms with Crippen LogP contribution in [0.2, 0.25) is 0 Å². The predicted octanol–water partition coefficient (Wildman–Crippen LogP) is 3.34. The number of amides is 2. The third kappa shape index (κ3) is 5.33. The largest absolute Gasteiger partial charge is 0.377 e. The standard InChI is InChI=1S/C26H31N3O4/c1-18-15-28(26(31)24-5-3-4-23(14-24)21-10-12-33-13-11-21)16-19(2)29(18)17-20-6-8-22(9-7-20)25(30)27-32/h3-10,14,18-19,32H,11-13,15-17H2,1-2H3,(H,27,30)/t18-,19+. The number of benzene rings is 2. The molecule has 2 aromatic rings. The molecule has 0 unspecified atom stereocenters. The summed E-state index contributed by atoms with van der Waals surface area (Å²) >= 11 is 0. The van der Waals surface area contributed by atoms with Crippen LogP contribution in [0.1, 0.15) is 52.1 Å². The van der Waals surface area contributed by atoms with Gasteiger partial charge in [-0.05, 0) is 61.2 Å². The molecule has 33 heavy (non-hydrogen) atoms. The van der Waals surface area contributed by atoms with Gasteiger partial charge in [-0.2, -0.15) is 0 Å². The highest BCUT2D eigenvalue weighted by Gasteiger charge is 2.32. The summed E-state index contributed by atoms with van der Waals surface area (Å²) < 4.78 is 5.41. The Morgan fingerprint density at radius 3 is 2.42 bits per heavy atom. The Morgan fingerprint density at radius 1 is 1.06 bits per heavy atom. The first-order valence-corrected chi connectivity index (χ1v) is 11.4. The van der Waals surface area contributed by atoms with Gasteiger partial charge < -0.3 is 9.64 Å². The van der Waals surface area contributed by atoms with Crippen LogP contribution >= 0.6 is 0 Å². The summed E-state index contributed by atoms with van der Waals surface area (Å²) in [6, 6.07) is 15.5. The van der Waals surface area contributed by atoms with Crippen molar-refractivity contribution in [2.45, 2.75) is 38.9 Å². The van der Waals surface area contributed by atoms with Gasteiger partial charge in [-0.1, -0.05) is 30.3 Å². The van der Waals surface area contributed by atoms with Crippen LogP contribution in [0.3, 0.4) is 0 Å². The molecule has 2 aliphatic heterocycles. The first kappa shape index (κ1) is 23.2. The molecule has 2 aliphatic rings. The van der Waals surface area contributed by atoms with Crippen LogP contribution in [0.5, 0.6) is 0 Å². The molecule has 2 heterocycles. The van der Waals surface area contributed by atoms with E-state index in [0.29, 0.717) is 25.3 Å². The number of ether oxygens (including phenoxy) is 1. The fourth-order valence-electron chi connectivity index (χ4n) is 4.69. The fraction of sp³-hybridized carbons (Fsp3) is 0.385. The molecular formula is C26H31N3O4. The van der Waals surface area contributed by atoms with Gasteiger partial charge in [0.1, 0.15) is 0 Å². The number of hydrogen-bond donors (Lipinski definition) is 2. The zero-order chi connectivity index (χ0) is 23.4. The van der Waals surface area contributed by atoms with Gasteiger partial charge >= 0.3 is 0 Å². The normalized spacial score (nSPS) is 21.4. The molecule has 0 bridgehead atoms. The molecular weight excluding hydrogens is 418 g/mol. The predicted molar refractivity (Wildman–Crippen MR) is 126 cm³/mol. The van der Waals surface area contributed by atoms with Crippen molar-refractivity contribution in [3.63, 3.8) is 0 Å². The summed E-state index contributed by atoms with van der Waals surface area (Å²) in [7, 11) is 0. The van der Waals surface area contributed by atoms with Crippen molar-refractivity contribution in [1.29, 1.82) is 0 Å². The first-order chi connectivity index (χ1) is 16.0. The topological polar surface area (TPSA) is 82.1 Å². The van der Waals surface area contributed by atoms with Gasteiger partial charge in [0.05, 0.1) is 13.2 Å². The summed E-state index contributed by atoms with van der Waals surface area (Å²) in [5.74, 6) is -0.449. The van der Waals surface area contributed by atoms with E-state index >= 15 is 0 Å². The summed E-state index contributed by atoms with van der Waals surface area (Å²) in [5.41, 5.74) is 6.22. The summed E-state index contributed by atoms with van der Waals surface area (Å²) in [4.78, 5) is 29.2. The van der Waals surface area contributed by atoms with E-state index in [2.05, 4.69) is 30.9 Å². The smallest absolute Gasteiger partial charge is 0.274 e. The zero-order valence-electron chi connectivity index (χ0n) is 19.2. The molecule has 7 heteroatoms. The van der Waals surface area contributed by atoms with Crippen molar-refractivity contribution in [2.24, 2.45) is 0 Å². The van der Waals surface area contributed by atoms with Crippen molar-refractivity contribution in [3.05, 3.63) is 76.9 Å². The van der Waals surface area contributed by atoms with Crippen molar-refractivity contribution in [1.82, 2.24) is 15.3 Å². The minimum Gasteiger partial charge on any atom is -0.377 e. The Hall–Kier alpha value is -3.00. The quantitative estimate of drug-likeness (QED) is 0.541. The number of carbonyl (C=O) groups excluding carboxylic acids is 2. The molecule has 1 saturated heterocycles. The molecule has 0 spiro atoms. The van der Waals surface area contributed by atoms with Gasteiger partial charge in [0.2, 0.25) is 0 Å². The fourth-order valence-corrected chi connectivity index (χ4v) is 4.69. The Balaban J connectivity index is 1.42. The molecule has 0 aromatic heterocycles. The van der Waals surface area contributed by atoms with Crippen molar-refractivity contribution in [3.8, 4) is 0 Å². The van der Waals surface area contributed by atoms with Crippen LogP contribution in [-0.2, 0) is 11.3 Å². The maximum absolute atomic E-state index is 13.3. The van der Waals surface area contributed by atoms with Crippen LogP contribution in [0.25, 0.3) is 5.57 Å². The second kappa shape index (κ2) is 10.3. The van der Waals surface area contributed by atoms with Crippen molar-refractivity contribution >= 4 is 17.4 Å². The average Bonchev–Trinajstić information content (AvgIpc) is 2.86. The summed E-state index contributed by atoms with van der Waals surface area (Å²) in [5, 5.41) is 8.77. The van der Waals surface area contributed by atoms with E-state index < -0.39 is 5.91 Å². The Kier molecular flexibility index (Phi) is 7.23. The molecule has 0 aliphatic carbocycles. The second-order valence-corrected chi connectivity index (χ2v) is 8.85. The lowest BCUT2D eigenvalue weighted by Gasteiger charge is -2.44. The minimum absolute atomic E-state index is 0.0715. The minimum atomic E-state index is -0.521. The lowest BCUT2D eigenvalue weighted by atomic mass is 9.98. The highest BCUT2D eigenvalue weighted by Crippen LogP contribution is 2.24. The summed E-state index contributed by atoms with van der Waals surface area (Å²) in [6.45, 7) is 7.70. The van der Waals surface area contributed by atoms with Gasteiger partial charge in [0, 0.05) is 42.8 Å². The lowest BCUT2D eigenvalue weighted by molar-refractivity contribution is 0.0269. The van der Waals surface area contributed by atoms with Crippen molar-refractivity contribution < 1.29 is 19.5 Å². The number of hydroxylamine groups is 1. The van der Waals surface area contributed by atoms with Gasteiger partial charge in [-0.25, -0.2) is 5.48 Å². The maximum Gasteiger partial charge on any atom is 0.274 e. The molecule has 1 fully saturated rings. The molecule has 2 N–H and O–H groups in total. The molecule has 0 saturated carbocycles. The van der Waals surface area contributed by atoms with E-state index in [9.17, 15) is 9.59 Å². The molecule has 7 nitrogen and oxygen atoms in total. The monoisotopic (exact) mass is 449 g/mol. The number of piperazine rings is 1. The molecule has 4 rings (SSSR count). The zero-order valence-corrected chi connectivity index (χ0v) is 19.2. The summed E-state index contributed by atoms with van der Waals surface area (Å²) in [6.07, 6.45) is 2.97. The van der Waals surface area contributed by atoms with Crippen LogP contribution < -0.4 is 5.48 Å². The Morgan fingerprint density at radius 2 is 1.79 bits per heavy atom. The molecule has 2 amide bonds. The lowest BCUT2D eigenvalue weighted by Crippen LogP contribution is -2.57. The van der Waals surface area contributed by atoms with Crippen LogP contribution in [0.4, 0.5) is 0 Å². The SMILES string of the molecule is C[C@@H]1CN(C(=O)c2cccc(C3=CCOCC3)c2)C[C@H](C)N1Cc1ccc(C(=O)NO)cc1. The van der Waals surface area contributed by atoms with E-state index in [1.165, 1.54) is 5.57 Å². The first-order valence-electron chi connectivity index (χ1n) is 11.4. The van der Waals surface area contributed by atoms with Gasteiger partial charge in [-0.15, -0.1) is 0 Å². The Labute approximate surface area is 194 Å².